The van der Waals surface area contributed by atoms with Gasteiger partial charge >= 0.3 is 0 Å². The van der Waals surface area contributed by atoms with E-state index in [2.05, 4.69) is 31.2 Å². The molecule has 0 heterocycles. The Morgan fingerprint density at radius 3 is 2.45 bits per heavy atom. The Balaban J connectivity index is 2.25. The summed E-state index contributed by atoms with van der Waals surface area (Å²) >= 11 is 0. The molecule has 3 N–H and O–H groups in total. The normalized spacial score (nSPS) is 18.6. The van der Waals surface area contributed by atoms with Crippen LogP contribution < -0.4 is 11.1 Å². The smallest absolute Gasteiger partial charge is 0.220 e. The predicted molar refractivity (Wildman–Crippen MR) is 84.6 cm³/mol. The number of hydrogen-bond donors (Lipinski definition) is 2. The van der Waals surface area contributed by atoms with Crippen LogP contribution >= 0.6 is 0 Å². The van der Waals surface area contributed by atoms with Crippen molar-refractivity contribution in [3.63, 3.8) is 0 Å². The fourth-order valence-corrected chi connectivity index (χ4v) is 3.13. The van der Waals surface area contributed by atoms with E-state index in [1.165, 1.54) is 32.1 Å². The van der Waals surface area contributed by atoms with E-state index < -0.39 is 0 Å². The number of likely N-dealkylation sites (N-methyl/N-ethyl adjacent to an activating group) is 1. The number of rotatable bonds is 10. The van der Waals surface area contributed by atoms with Gasteiger partial charge in [0.05, 0.1) is 0 Å². The molecule has 0 aliphatic heterocycles. The van der Waals surface area contributed by atoms with Crippen LogP contribution in [0.15, 0.2) is 0 Å². The summed E-state index contributed by atoms with van der Waals surface area (Å²) < 4.78 is 0. The molecule has 0 saturated heterocycles. The van der Waals surface area contributed by atoms with Crippen molar-refractivity contribution in [1.29, 1.82) is 0 Å². The average molecular weight is 283 g/mol. The molecule has 4 heteroatoms. The van der Waals surface area contributed by atoms with Crippen molar-refractivity contribution in [3.05, 3.63) is 0 Å². The van der Waals surface area contributed by atoms with E-state index in [0.717, 1.165) is 25.9 Å². The molecule has 0 spiro atoms. The molecule has 1 amide bonds. The highest BCUT2D eigenvalue weighted by atomic mass is 16.1. The molecule has 1 aliphatic carbocycles. The molecule has 1 saturated carbocycles. The summed E-state index contributed by atoms with van der Waals surface area (Å²) in [5.74, 6) is 0.818. The zero-order chi connectivity index (χ0) is 15.0. The molecule has 0 aromatic carbocycles. The van der Waals surface area contributed by atoms with Gasteiger partial charge in [0, 0.05) is 18.5 Å². The van der Waals surface area contributed by atoms with Crippen molar-refractivity contribution in [3.8, 4) is 0 Å². The quantitative estimate of drug-likeness (QED) is 0.646. The van der Waals surface area contributed by atoms with Gasteiger partial charge in [-0.25, -0.2) is 0 Å². The Bertz CT molecular complexity index is 281. The van der Waals surface area contributed by atoms with Crippen molar-refractivity contribution in [2.24, 2.45) is 11.7 Å². The molecule has 20 heavy (non-hydrogen) atoms. The lowest BCUT2D eigenvalue weighted by atomic mass is 9.75. The Hall–Kier alpha value is -0.610. The van der Waals surface area contributed by atoms with Crippen LogP contribution in [0.1, 0.15) is 58.3 Å². The van der Waals surface area contributed by atoms with Crippen molar-refractivity contribution in [2.75, 3.05) is 27.2 Å². The van der Waals surface area contributed by atoms with Gasteiger partial charge in [0.2, 0.25) is 5.91 Å². The van der Waals surface area contributed by atoms with Crippen LogP contribution in [0.25, 0.3) is 0 Å². The fraction of sp³-hybridized carbons (Fsp3) is 0.938. The number of amides is 1. The minimum Gasteiger partial charge on any atom is -0.354 e. The molecule has 0 radical (unpaired) electrons. The molecule has 1 fully saturated rings. The Labute approximate surface area is 124 Å². The fourth-order valence-electron chi connectivity index (χ4n) is 3.13. The lowest BCUT2D eigenvalue weighted by Gasteiger charge is -2.47. The van der Waals surface area contributed by atoms with E-state index >= 15 is 0 Å². The van der Waals surface area contributed by atoms with Crippen molar-refractivity contribution in [1.82, 2.24) is 10.2 Å². The summed E-state index contributed by atoms with van der Waals surface area (Å²) in [6, 6.07) is 0. The zero-order valence-electron chi connectivity index (χ0n) is 13.6. The highest BCUT2D eigenvalue weighted by Gasteiger charge is 2.39. The predicted octanol–water partition coefficient (Wildman–Crippen LogP) is 2.13. The SMILES string of the molecule is CCCC(CCN)CCC(=O)NCC1(N(C)C)CCC1. The molecule has 4 nitrogen and oxygen atoms in total. The molecule has 1 atom stereocenters. The third-order valence-corrected chi connectivity index (χ3v) is 4.90. The van der Waals surface area contributed by atoms with E-state index in [9.17, 15) is 4.79 Å². The minimum atomic E-state index is 0.205. The average Bonchev–Trinajstić information content (AvgIpc) is 2.34. The summed E-state index contributed by atoms with van der Waals surface area (Å²) in [6.45, 7) is 3.73. The van der Waals surface area contributed by atoms with Crippen molar-refractivity contribution in [2.45, 2.75) is 63.8 Å². The lowest BCUT2D eigenvalue weighted by Crippen LogP contribution is -2.57. The Morgan fingerprint density at radius 1 is 1.30 bits per heavy atom. The zero-order valence-corrected chi connectivity index (χ0v) is 13.6. The van der Waals surface area contributed by atoms with Gasteiger partial charge in [-0.05, 0) is 58.7 Å². The maximum absolute atomic E-state index is 12.0. The highest BCUT2D eigenvalue weighted by molar-refractivity contribution is 5.75. The van der Waals surface area contributed by atoms with Crippen LogP contribution in [0.3, 0.4) is 0 Å². The minimum absolute atomic E-state index is 0.205. The highest BCUT2D eigenvalue weighted by Crippen LogP contribution is 2.35. The summed E-state index contributed by atoms with van der Waals surface area (Å²) in [5.41, 5.74) is 5.85. The Kier molecular flexibility index (Phi) is 7.52. The summed E-state index contributed by atoms with van der Waals surface area (Å²) in [7, 11) is 4.23. The third kappa shape index (κ3) is 5.06. The molecular weight excluding hydrogens is 250 g/mol. The van der Waals surface area contributed by atoms with E-state index in [1.807, 2.05) is 0 Å². The van der Waals surface area contributed by atoms with E-state index in [1.54, 1.807) is 0 Å². The monoisotopic (exact) mass is 283 g/mol. The van der Waals surface area contributed by atoms with Crippen molar-refractivity contribution < 1.29 is 4.79 Å². The molecular formula is C16H33N3O. The van der Waals surface area contributed by atoms with Gasteiger partial charge in [0.15, 0.2) is 0 Å². The van der Waals surface area contributed by atoms with E-state index in [-0.39, 0.29) is 11.4 Å². The van der Waals surface area contributed by atoms with Crippen LogP contribution in [0.5, 0.6) is 0 Å². The summed E-state index contributed by atoms with van der Waals surface area (Å²) in [6.07, 6.45) is 8.71. The van der Waals surface area contributed by atoms with Crippen LogP contribution in [-0.2, 0) is 4.79 Å². The van der Waals surface area contributed by atoms with Gasteiger partial charge in [0.1, 0.15) is 0 Å². The molecule has 0 bridgehead atoms. The Morgan fingerprint density at radius 2 is 2.00 bits per heavy atom. The lowest BCUT2D eigenvalue weighted by molar-refractivity contribution is -0.122. The summed E-state index contributed by atoms with van der Waals surface area (Å²) in [4.78, 5) is 14.3. The third-order valence-electron chi connectivity index (χ3n) is 4.90. The molecule has 1 rings (SSSR count). The number of nitrogens with one attached hydrogen (secondary N) is 1. The van der Waals surface area contributed by atoms with Gasteiger partial charge in [-0.3, -0.25) is 4.79 Å². The van der Waals surface area contributed by atoms with Crippen molar-refractivity contribution >= 4 is 5.91 Å². The number of nitrogens with zero attached hydrogens (tertiary/aromatic N) is 1. The van der Waals surface area contributed by atoms with Crippen LogP contribution in [0.2, 0.25) is 0 Å². The van der Waals surface area contributed by atoms with Gasteiger partial charge < -0.3 is 16.0 Å². The first-order chi connectivity index (χ1) is 9.54. The number of nitrogens with two attached hydrogens (primary N) is 1. The largest absolute Gasteiger partial charge is 0.354 e. The second kappa shape index (κ2) is 8.63. The number of carbonyl (C=O) groups is 1. The molecule has 0 aromatic heterocycles. The van der Waals surface area contributed by atoms with Crippen LogP contribution in [-0.4, -0.2) is 43.5 Å². The maximum Gasteiger partial charge on any atom is 0.220 e. The molecule has 1 unspecified atom stereocenters. The first kappa shape index (κ1) is 17.4. The van der Waals surface area contributed by atoms with E-state index in [0.29, 0.717) is 12.3 Å². The topological polar surface area (TPSA) is 58.4 Å². The molecule has 0 aromatic rings. The second-order valence-corrected chi connectivity index (χ2v) is 6.52. The maximum atomic E-state index is 12.0. The first-order valence-electron chi connectivity index (χ1n) is 8.18. The summed E-state index contributed by atoms with van der Waals surface area (Å²) in [5, 5.41) is 3.13. The second-order valence-electron chi connectivity index (χ2n) is 6.52. The first-order valence-corrected chi connectivity index (χ1v) is 8.18. The van der Waals surface area contributed by atoms with Gasteiger partial charge in [-0.2, -0.15) is 0 Å². The van der Waals surface area contributed by atoms with Gasteiger partial charge in [0.25, 0.3) is 0 Å². The van der Waals surface area contributed by atoms with Crippen LogP contribution in [0, 0.1) is 5.92 Å². The molecule has 1 aliphatic rings. The van der Waals surface area contributed by atoms with Gasteiger partial charge in [-0.1, -0.05) is 19.8 Å². The van der Waals surface area contributed by atoms with E-state index in [4.69, 9.17) is 5.73 Å². The van der Waals surface area contributed by atoms with Crippen LogP contribution in [0.4, 0.5) is 0 Å². The van der Waals surface area contributed by atoms with Gasteiger partial charge in [-0.15, -0.1) is 0 Å². The number of carbonyl (C=O) groups excluding carboxylic acids is 1. The standard InChI is InChI=1S/C16H33N3O/c1-4-6-14(9-12-17)7-8-15(20)18-13-16(19(2)3)10-5-11-16/h14H,4-13,17H2,1-3H3,(H,18,20). The number of hydrogen-bond acceptors (Lipinski definition) is 3. The molecule has 118 valence electrons.